The molecule has 0 aliphatic carbocycles. The van der Waals surface area contributed by atoms with Gasteiger partial charge in [-0.1, -0.05) is 34.9 Å². The largest absolute Gasteiger partial charge is 0.338 e. The summed E-state index contributed by atoms with van der Waals surface area (Å²) >= 11 is 3.33. The smallest absolute Gasteiger partial charge is 0.240 e. The van der Waals surface area contributed by atoms with Crippen LogP contribution in [0.4, 0.5) is 0 Å². The highest BCUT2D eigenvalue weighted by Gasteiger charge is 2.22. The number of nitrogens with zero attached hydrogens (tertiary/aromatic N) is 4. The van der Waals surface area contributed by atoms with Gasteiger partial charge in [0.1, 0.15) is 0 Å². The molecule has 1 aliphatic rings. The average Bonchev–Trinajstić information content (AvgIpc) is 3.10. The minimum absolute atomic E-state index is 0.135. The van der Waals surface area contributed by atoms with Crippen molar-refractivity contribution in [3.8, 4) is 0 Å². The van der Waals surface area contributed by atoms with Crippen LogP contribution in [0.15, 0.2) is 38.2 Å². The fourth-order valence-corrected chi connectivity index (χ4v) is 4.49. The highest BCUT2D eigenvalue weighted by atomic mass is 79.9. The standard InChI is InChI=1S/C18H25BrN4O3S/c1-14(2)18-20-17(26-21-18)13-23-9-7-22(8-10-23)11-12-27(24,25)16-5-3-15(19)4-6-16/h3-6,14H,7-13H2,1-2H3. The molecule has 1 aromatic heterocycles. The van der Waals surface area contributed by atoms with E-state index in [4.69, 9.17) is 4.52 Å². The Labute approximate surface area is 168 Å². The van der Waals surface area contributed by atoms with Crippen molar-refractivity contribution in [2.75, 3.05) is 38.5 Å². The van der Waals surface area contributed by atoms with E-state index in [-0.39, 0.29) is 11.7 Å². The van der Waals surface area contributed by atoms with E-state index in [0.717, 1.165) is 36.5 Å². The number of sulfone groups is 1. The lowest BCUT2D eigenvalue weighted by Crippen LogP contribution is -2.47. The fraction of sp³-hybridized carbons (Fsp3) is 0.556. The molecule has 0 radical (unpaired) electrons. The van der Waals surface area contributed by atoms with Gasteiger partial charge in [0.25, 0.3) is 0 Å². The van der Waals surface area contributed by atoms with Crippen molar-refractivity contribution in [2.45, 2.75) is 31.2 Å². The third-order valence-corrected chi connectivity index (χ3v) is 6.91. The molecule has 27 heavy (non-hydrogen) atoms. The Balaban J connectivity index is 1.45. The van der Waals surface area contributed by atoms with E-state index in [2.05, 4.69) is 35.9 Å². The zero-order valence-electron chi connectivity index (χ0n) is 15.6. The van der Waals surface area contributed by atoms with Crippen molar-refractivity contribution in [1.82, 2.24) is 19.9 Å². The molecule has 1 aromatic carbocycles. The van der Waals surface area contributed by atoms with Crippen LogP contribution in [0.3, 0.4) is 0 Å². The third kappa shape index (κ3) is 5.60. The van der Waals surface area contributed by atoms with Gasteiger partial charge in [-0.25, -0.2) is 8.42 Å². The molecule has 7 nitrogen and oxygen atoms in total. The normalized spacial score (nSPS) is 16.9. The minimum Gasteiger partial charge on any atom is -0.338 e. The first-order valence-electron chi connectivity index (χ1n) is 9.09. The van der Waals surface area contributed by atoms with Crippen LogP contribution in [0.25, 0.3) is 0 Å². The number of aromatic nitrogens is 2. The molecule has 1 aliphatic heterocycles. The predicted molar refractivity (Wildman–Crippen MR) is 106 cm³/mol. The van der Waals surface area contributed by atoms with Crippen LogP contribution >= 0.6 is 15.9 Å². The van der Waals surface area contributed by atoms with Crippen LogP contribution in [0.5, 0.6) is 0 Å². The monoisotopic (exact) mass is 456 g/mol. The van der Waals surface area contributed by atoms with Gasteiger partial charge in [-0.15, -0.1) is 0 Å². The van der Waals surface area contributed by atoms with Gasteiger partial charge < -0.3 is 4.52 Å². The summed E-state index contributed by atoms with van der Waals surface area (Å²) in [6.07, 6.45) is 0. The Morgan fingerprint density at radius 1 is 1.11 bits per heavy atom. The number of hydrogen-bond donors (Lipinski definition) is 0. The number of piperazine rings is 1. The Kier molecular flexibility index (Phi) is 6.67. The van der Waals surface area contributed by atoms with Gasteiger partial charge in [0.2, 0.25) is 5.89 Å². The van der Waals surface area contributed by atoms with Crippen molar-refractivity contribution in [1.29, 1.82) is 0 Å². The van der Waals surface area contributed by atoms with Crippen LogP contribution in [-0.2, 0) is 16.4 Å². The second-order valence-electron chi connectivity index (χ2n) is 7.09. The van der Waals surface area contributed by atoms with Crippen molar-refractivity contribution >= 4 is 25.8 Å². The van der Waals surface area contributed by atoms with Gasteiger partial charge in [0.15, 0.2) is 15.7 Å². The maximum atomic E-state index is 12.5. The lowest BCUT2D eigenvalue weighted by atomic mass is 10.2. The third-order valence-electron chi connectivity index (χ3n) is 4.67. The van der Waals surface area contributed by atoms with E-state index in [1.807, 2.05) is 13.8 Å². The maximum absolute atomic E-state index is 12.5. The van der Waals surface area contributed by atoms with Crippen molar-refractivity contribution in [3.05, 3.63) is 40.5 Å². The van der Waals surface area contributed by atoms with Crippen molar-refractivity contribution in [3.63, 3.8) is 0 Å². The molecule has 3 rings (SSSR count). The molecule has 1 fully saturated rings. The molecular formula is C18H25BrN4O3S. The first-order chi connectivity index (χ1) is 12.8. The Hall–Kier alpha value is -1.29. The summed E-state index contributed by atoms with van der Waals surface area (Å²) in [4.78, 5) is 9.25. The molecule has 0 saturated carbocycles. The van der Waals surface area contributed by atoms with Gasteiger partial charge in [-0.05, 0) is 24.3 Å². The van der Waals surface area contributed by atoms with Crippen LogP contribution < -0.4 is 0 Å². The summed E-state index contributed by atoms with van der Waals surface area (Å²) in [5.74, 6) is 1.77. The summed E-state index contributed by atoms with van der Waals surface area (Å²) in [6.45, 7) is 8.65. The molecule has 2 aromatic rings. The first kappa shape index (κ1) is 20.4. The molecule has 0 amide bonds. The number of rotatable bonds is 7. The second kappa shape index (κ2) is 8.81. The molecule has 0 bridgehead atoms. The molecule has 1 saturated heterocycles. The number of benzene rings is 1. The van der Waals surface area contributed by atoms with E-state index in [1.165, 1.54) is 0 Å². The summed E-state index contributed by atoms with van der Waals surface area (Å²) in [5, 5.41) is 3.99. The Morgan fingerprint density at radius 2 is 1.74 bits per heavy atom. The highest BCUT2D eigenvalue weighted by Crippen LogP contribution is 2.17. The van der Waals surface area contributed by atoms with Crippen molar-refractivity contribution < 1.29 is 12.9 Å². The van der Waals surface area contributed by atoms with E-state index in [0.29, 0.717) is 23.9 Å². The molecule has 0 unspecified atom stereocenters. The molecular weight excluding hydrogens is 432 g/mol. The van der Waals surface area contributed by atoms with Crippen molar-refractivity contribution in [2.24, 2.45) is 0 Å². The van der Waals surface area contributed by atoms with E-state index >= 15 is 0 Å². The van der Waals surface area contributed by atoms with Crippen LogP contribution in [0.1, 0.15) is 31.5 Å². The Morgan fingerprint density at radius 3 is 2.33 bits per heavy atom. The molecule has 148 valence electrons. The van der Waals surface area contributed by atoms with Gasteiger partial charge in [0.05, 0.1) is 17.2 Å². The molecule has 0 N–H and O–H groups in total. The lowest BCUT2D eigenvalue weighted by molar-refractivity contribution is 0.121. The van der Waals surface area contributed by atoms with Crippen LogP contribution in [-0.4, -0.2) is 66.8 Å². The first-order valence-corrected chi connectivity index (χ1v) is 11.5. The van der Waals surface area contributed by atoms with E-state index < -0.39 is 9.84 Å². The number of halogens is 1. The highest BCUT2D eigenvalue weighted by molar-refractivity contribution is 9.10. The Bertz CT molecular complexity index is 844. The molecule has 0 spiro atoms. The van der Waals surface area contributed by atoms with Crippen LogP contribution in [0, 0.1) is 0 Å². The maximum Gasteiger partial charge on any atom is 0.240 e. The molecule has 2 heterocycles. The van der Waals surface area contributed by atoms with Gasteiger partial charge in [-0.2, -0.15) is 4.98 Å². The summed E-state index contributed by atoms with van der Waals surface area (Å²) in [7, 11) is -3.25. The van der Waals surface area contributed by atoms with E-state index in [1.54, 1.807) is 24.3 Å². The molecule has 9 heteroatoms. The van der Waals surface area contributed by atoms with Gasteiger partial charge in [-0.3, -0.25) is 9.80 Å². The van der Waals surface area contributed by atoms with Gasteiger partial charge >= 0.3 is 0 Å². The van der Waals surface area contributed by atoms with Crippen LogP contribution in [0.2, 0.25) is 0 Å². The average molecular weight is 457 g/mol. The second-order valence-corrected chi connectivity index (χ2v) is 10.1. The van der Waals surface area contributed by atoms with E-state index in [9.17, 15) is 8.42 Å². The quantitative estimate of drug-likeness (QED) is 0.632. The predicted octanol–water partition coefficient (Wildman–Crippen LogP) is 2.55. The minimum atomic E-state index is -3.25. The zero-order chi connectivity index (χ0) is 19.4. The topological polar surface area (TPSA) is 79.5 Å². The van der Waals surface area contributed by atoms with Gasteiger partial charge in [0, 0.05) is 43.1 Å². The number of hydrogen-bond acceptors (Lipinski definition) is 7. The zero-order valence-corrected chi connectivity index (χ0v) is 18.0. The summed E-state index contributed by atoms with van der Waals surface area (Å²) in [6, 6.07) is 6.81. The summed E-state index contributed by atoms with van der Waals surface area (Å²) in [5.41, 5.74) is 0. The fourth-order valence-electron chi connectivity index (χ4n) is 2.94. The summed E-state index contributed by atoms with van der Waals surface area (Å²) < 4.78 is 31.1. The molecule has 0 atom stereocenters. The lowest BCUT2D eigenvalue weighted by Gasteiger charge is -2.33. The SMILES string of the molecule is CC(C)c1noc(CN2CCN(CCS(=O)(=O)c3ccc(Br)cc3)CC2)n1.